The summed E-state index contributed by atoms with van der Waals surface area (Å²) in [6.07, 6.45) is 4.67. The number of hydrogen-bond donors (Lipinski definition) is 1. The van der Waals surface area contributed by atoms with Gasteiger partial charge in [-0.25, -0.2) is 4.98 Å². The maximum Gasteiger partial charge on any atom is 0.169 e. The normalized spacial score (nSPS) is 13.4. The molecule has 0 aromatic carbocycles. The van der Waals surface area contributed by atoms with Gasteiger partial charge in [-0.2, -0.15) is 0 Å². The molecule has 1 atom stereocenters. The van der Waals surface area contributed by atoms with E-state index in [-0.39, 0.29) is 5.37 Å². The molecule has 0 aliphatic carbocycles. The minimum absolute atomic E-state index is 0.163. The van der Waals surface area contributed by atoms with Crippen LogP contribution in [-0.2, 0) is 7.05 Å². The average molecular weight is 171 g/mol. The van der Waals surface area contributed by atoms with Gasteiger partial charge in [0.1, 0.15) is 0 Å². The molecule has 2 N–H and O–H groups in total. The highest BCUT2D eigenvalue weighted by atomic mass is 32.2. The number of aromatic nitrogens is 2. The summed E-state index contributed by atoms with van der Waals surface area (Å²) in [6, 6.07) is 0. The number of nitrogens with two attached hydrogens (primary N) is 1. The van der Waals surface area contributed by atoms with E-state index < -0.39 is 0 Å². The molecule has 1 aromatic rings. The van der Waals surface area contributed by atoms with Gasteiger partial charge in [-0.1, -0.05) is 18.7 Å². The molecule has 0 aliphatic heterocycles. The Hall–Kier alpha value is -0.480. The molecule has 0 radical (unpaired) electrons. The fraction of sp³-hybridized carbons (Fsp3) is 0.571. The van der Waals surface area contributed by atoms with Gasteiger partial charge in [0.25, 0.3) is 0 Å². The molecule has 0 aliphatic rings. The number of nitrogens with zero attached hydrogens (tertiary/aromatic N) is 2. The Bertz CT molecular complexity index is 221. The van der Waals surface area contributed by atoms with Crippen LogP contribution >= 0.6 is 11.8 Å². The molecule has 1 rings (SSSR count). The van der Waals surface area contributed by atoms with Gasteiger partial charge in [-0.05, 0) is 6.42 Å². The van der Waals surface area contributed by atoms with Crippen molar-refractivity contribution in [1.29, 1.82) is 0 Å². The number of hydrogen-bond acceptors (Lipinski definition) is 3. The van der Waals surface area contributed by atoms with Gasteiger partial charge in [0, 0.05) is 19.4 Å². The Labute approximate surface area is 71.0 Å². The second-order valence-corrected chi connectivity index (χ2v) is 3.59. The standard InChI is InChI=1S/C7H13N3S/c1-3-6(8)11-7-9-4-5-10(7)2/h4-6H,3,8H2,1-2H3/t6-/m1/s1. The summed E-state index contributed by atoms with van der Waals surface area (Å²) in [4.78, 5) is 4.15. The molecule has 62 valence electrons. The topological polar surface area (TPSA) is 43.8 Å². The molecule has 0 saturated carbocycles. The largest absolute Gasteiger partial charge is 0.329 e. The summed E-state index contributed by atoms with van der Waals surface area (Å²) in [7, 11) is 1.97. The first-order valence-corrected chi connectivity index (χ1v) is 4.51. The molecule has 0 unspecified atom stereocenters. The fourth-order valence-electron chi connectivity index (χ4n) is 0.684. The molecule has 3 nitrogen and oxygen atoms in total. The Morgan fingerprint density at radius 3 is 3.00 bits per heavy atom. The van der Waals surface area contributed by atoms with E-state index in [1.165, 1.54) is 0 Å². The number of imidazole rings is 1. The van der Waals surface area contributed by atoms with Crippen LogP contribution in [0.3, 0.4) is 0 Å². The minimum atomic E-state index is 0.163. The van der Waals surface area contributed by atoms with Crippen LogP contribution in [0.2, 0.25) is 0 Å². The molecular weight excluding hydrogens is 158 g/mol. The third-order valence-electron chi connectivity index (χ3n) is 1.44. The zero-order chi connectivity index (χ0) is 8.27. The number of aryl methyl sites for hydroxylation is 1. The van der Waals surface area contributed by atoms with Crippen molar-refractivity contribution in [2.75, 3.05) is 0 Å². The average Bonchev–Trinajstić information content (AvgIpc) is 2.37. The van der Waals surface area contributed by atoms with Crippen molar-refractivity contribution in [2.24, 2.45) is 12.8 Å². The van der Waals surface area contributed by atoms with Crippen LogP contribution in [0.5, 0.6) is 0 Å². The van der Waals surface area contributed by atoms with Gasteiger partial charge < -0.3 is 10.3 Å². The fourth-order valence-corrected chi connectivity index (χ4v) is 1.47. The van der Waals surface area contributed by atoms with Crippen molar-refractivity contribution in [1.82, 2.24) is 9.55 Å². The van der Waals surface area contributed by atoms with Gasteiger partial charge in [0.15, 0.2) is 5.16 Å². The second-order valence-electron chi connectivity index (χ2n) is 2.39. The first-order chi connectivity index (χ1) is 5.24. The number of rotatable bonds is 3. The highest BCUT2D eigenvalue weighted by Crippen LogP contribution is 2.18. The molecule has 0 amide bonds. The lowest BCUT2D eigenvalue weighted by Gasteiger charge is -2.06. The van der Waals surface area contributed by atoms with Gasteiger partial charge in [0.2, 0.25) is 0 Å². The van der Waals surface area contributed by atoms with E-state index in [0.717, 1.165) is 11.6 Å². The van der Waals surface area contributed by atoms with Gasteiger partial charge in [-0.3, -0.25) is 0 Å². The summed E-state index contributed by atoms with van der Waals surface area (Å²) in [5.41, 5.74) is 5.74. The summed E-state index contributed by atoms with van der Waals surface area (Å²) in [5.74, 6) is 0. The van der Waals surface area contributed by atoms with E-state index in [2.05, 4.69) is 11.9 Å². The number of thioether (sulfide) groups is 1. The molecular formula is C7H13N3S. The Balaban J connectivity index is 2.56. The lowest BCUT2D eigenvalue weighted by atomic mass is 10.5. The molecule has 0 fully saturated rings. The SMILES string of the molecule is CC[C@H](N)Sc1nccn1C. The summed E-state index contributed by atoms with van der Waals surface area (Å²) < 4.78 is 1.97. The van der Waals surface area contributed by atoms with Gasteiger partial charge in [-0.15, -0.1) is 0 Å². The summed E-state index contributed by atoms with van der Waals surface area (Å²) in [6.45, 7) is 2.07. The van der Waals surface area contributed by atoms with E-state index in [4.69, 9.17) is 5.73 Å². The summed E-state index contributed by atoms with van der Waals surface area (Å²) >= 11 is 1.61. The van der Waals surface area contributed by atoms with E-state index >= 15 is 0 Å². The quantitative estimate of drug-likeness (QED) is 0.549. The second kappa shape index (κ2) is 3.78. The predicted molar refractivity (Wildman–Crippen MR) is 47.3 cm³/mol. The van der Waals surface area contributed by atoms with Crippen LogP contribution in [0.15, 0.2) is 17.6 Å². The van der Waals surface area contributed by atoms with Crippen molar-refractivity contribution in [3.05, 3.63) is 12.4 Å². The molecule has 4 heteroatoms. The maximum absolute atomic E-state index is 5.74. The zero-order valence-corrected chi connectivity index (χ0v) is 7.64. The van der Waals surface area contributed by atoms with E-state index in [0.29, 0.717) is 0 Å². The molecule has 11 heavy (non-hydrogen) atoms. The first-order valence-electron chi connectivity index (χ1n) is 3.63. The van der Waals surface area contributed by atoms with E-state index in [1.807, 2.05) is 17.8 Å². The molecule has 0 spiro atoms. The van der Waals surface area contributed by atoms with Crippen molar-refractivity contribution in [2.45, 2.75) is 23.9 Å². The van der Waals surface area contributed by atoms with Crippen LogP contribution in [0.1, 0.15) is 13.3 Å². The third kappa shape index (κ3) is 2.24. The minimum Gasteiger partial charge on any atom is -0.329 e. The van der Waals surface area contributed by atoms with Gasteiger partial charge in [0.05, 0.1) is 5.37 Å². The summed E-state index contributed by atoms with van der Waals surface area (Å²) in [5, 5.41) is 1.15. The van der Waals surface area contributed by atoms with Crippen LogP contribution in [0, 0.1) is 0 Å². The predicted octanol–water partition coefficient (Wildman–Crippen LogP) is 1.21. The van der Waals surface area contributed by atoms with Crippen LogP contribution in [0.4, 0.5) is 0 Å². The highest BCUT2D eigenvalue weighted by molar-refractivity contribution is 7.99. The smallest absolute Gasteiger partial charge is 0.169 e. The van der Waals surface area contributed by atoms with Crippen molar-refractivity contribution in [3.8, 4) is 0 Å². The highest BCUT2D eigenvalue weighted by Gasteiger charge is 2.04. The van der Waals surface area contributed by atoms with Crippen molar-refractivity contribution >= 4 is 11.8 Å². The third-order valence-corrected chi connectivity index (χ3v) is 2.68. The van der Waals surface area contributed by atoms with E-state index in [9.17, 15) is 0 Å². The monoisotopic (exact) mass is 171 g/mol. The van der Waals surface area contributed by atoms with Crippen LogP contribution < -0.4 is 5.73 Å². The molecule has 0 saturated heterocycles. The maximum atomic E-state index is 5.74. The molecule has 1 heterocycles. The van der Waals surface area contributed by atoms with E-state index in [1.54, 1.807) is 18.0 Å². The van der Waals surface area contributed by atoms with Crippen molar-refractivity contribution < 1.29 is 0 Å². The zero-order valence-electron chi connectivity index (χ0n) is 6.82. The Morgan fingerprint density at radius 2 is 2.55 bits per heavy atom. The van der Waals surface area contributed by atoms with Crippen molar-refractivity contribution in [3.63, 3.8) is 0 Å². The first kappa shape index (κ1) is 8.62. The van der Waals surface area contributed by atoms with Crippen LogP contribution in [-0.4, -0.2) is 14.9 Å². The Morgan fingerprint density at radius 1 is 1.82 bits per heavy atom. The Kier molecular flexibility index (Phi) is 2.96. The lowest BCUT2D eigenvalue weighted by molar-refractivity contribution is 0.776. The van der Waals surface area contributed by atoms with Crippen LogP contribution in [0.25, 0.3) is 0 Å². The van der Waals surface area contributed by atoms with Gasteiger partial charge >= 0.3 is 0 Å². The molecule has 1 aromatic heterocycles. The molecule has 0 bridgehead atoms. The lowest BCUT2D eigenvalue weighted by Crippen LogP contribution is -2.14.